The topological polar surface area (TPSA) is 79.5 Å². The van der Waals surface area contributed by atoms with Gasteiger partial charge in [0.25, 0.3) is 11.8 Å². The van der Waals surface area contributed by atoms with Crippen LogP contribution >= 0.6 is 23.8 Å². The third-order valence-corrected chi connectivity index (χ3v) is 3.56. The van der Waals surface area contributed by atoms with Crippen LogP contribution in [0.3, 0.4) is 0 Å². The number of hydrazine groups is 1. The van der Waals surface area contributed by atoms with Crippen molar-refractivity contribution in [3.05, 3.63) is 64.7 Å². The van der Waals surface area contributed by atoms with Gasteiger partial charge in [0.05, 0.1) is 0 Å². The van der Waals surface area contributed by atoms with Crippen molar-refractivity contribution in [2.24, 2.45) is 0 Å². The molecule has 0 atom stereocenters. The average molecular weight is 378 g/mol. The normalized spacial score (nSPS) is 9.84. The Morgan fingerprint density at radius 1 is 1.08 bits per heavy atom. The minimum absolute atomic E-state index is 0.0378. The predicted molar refractivity (Wildman–Crippen MR) is 99.5 cm³/mol. The molecule has 0 unspecified atom stereocenters. The fraction of sp³-hybridized carbons (Fsp3) is 0.118. The molecule has 0 aliphatic carbocycles. The molecular formula is C17H16ClN3O3S. The molecule has 0 spiro atoms. The maximum atomic E-state index is 11.9. The maximum absolute atomic E-state index is 11.9. The van der Waals surface area contributed by atoms with Gasteiger partial charge in [0.15, 0.2) is 11.7 Å². The molecule has 0 radical (unpaired) electrons. The van der Waals surface area contributed by atoms with Crippen molar-refractivity contribution in [2.75, 3.05) is 6.61 Å². The lowest BCUT2D eigenvalue weighted by molar-refractivity contribution is -0.123. The highest BCUT2D eigenvalue weighted by molar-refractivity contribution is 7.80. The fourth-order valence-electron chi connectivity index (χ4n) is 1.83. The first kappa shape index (κ1) is 18.7. The molecule has 0 saturated carbocycles. The Balaban J connectivity index is 1.74. The van der Waals surface area contributed by atoms with Crippen molar-refractivity contribution in [1.29, 1.82) is 0 Å². The fourth-order valence-corrected chi connectivity index (χ4v) is 2.10. The number of rotatable bonds is 4. The van der Waals surface area contributed by atoms with Crippen LogP contribution in [-0.4, -0.2) is 23.5 Å². The van der Waals surface area contributed by atoms with E-state index in [2.05, 4.69) is 16.2 Å². The minimum Gasteiger partial charge on any atom is -0.483 e. The van der Waals surface area contributed by atoms with Gasteiger partial charge in [-0.05, 0) is 55.0 Å². The van der Waals surface area contributed by atoms with E-state index in [1.807, 2.05) is 25.1 Å². The molecule has 0 bridgehead atoms. The van der Waals surface area contributed by atoms with Crippen LogP contribution in [0.4, 0.5) is 0 Å². The zero-order chi connectivity index (χ0) is 18.2. The van der Waals surface area contributed by atoms with Crippen molar-refractivity contribution in [2.45, 2.75) is 6.92 Å². The Morgan fingerprint density at radius 3 is 2.44 bits per heavy atom. The number of nitrogens with one attached hydrogen (secondary N) is 3. The zero-order valence-electron chi connectivity index (χ0n) is 13.3. The number of thiocarbonyl (C=S) groups is 1. The maximum Gasteiger partial charge on any atom is 0.276 e. The lowest BCUT2D eigenvalue weighted by atomic mass is 10.2. The van der Waals surface area contributed by atoms with Gasteiger partial charge in [0.2, 0.25) is 0 Å². The summed E-state index contributed by atoms with van der Waals surface area (Å²) in [6.45, 7) is 1.69. The second-order valence-corrected chi connectivity index (χ2v) is 5.86. The zero-order valence-corrected chi connectivity index (χ0v) is 14.9. The SMILES string of the molecule is Cc1ccccc1OCC(=O)NNC(=S)NC(=O)c1ccc(Cl)cc1. The number of ether oxygens (including phenoxy) is 1. The van der Waals surface area contributed by atoms with Crippen LogP contribution in [0.25, 0.3) is 0 Å². The molecule has 6 nitrogen and oxygen atoms in total. The number of benzene rings is 2. The second kappa shape index (κ2) is 9.00. The molecule has 2 amide bonds. The summed E-state index contributed by atoms with van der Waals surface area (Å²) in [7, 11) is 0. The first-order valence-corrected chi connectivity index (χ1v) is 8.08. The second-order valence-electron chi connectivity index (χ2n) is 5.02. The van der Waals surface area contributed by atoms with Crippen LogP contribution in [0.5, 0.6) is 5.75 Å². The van der Waals surface area contributed by atoms with Crippen LogP contribution in [0, 0.1) is 6.92 Å². The molecule has 0 saturated heterocycles. The number of carbonyl (C=O) groups is 2. The van der Waals surface area contributed by atoms with Crippen LogP contribution in [0.1, 0.15) is 15.9 Å². The average Bonchev–Trinajstić information content (AvgIpc) is 2.59. The van der Waals surface area contributed by atoms with Crippen molar-refractivity contribution in [1.82, 2.24) is 16.2 Å². The lowest BCUT2D eigenvalue weighted by Crippen LogP contribution is -2.49. The molecule has 0 aromatic heterocycles. The molecule has 0 aliphatic heterocycles. The number of halogens is 1. The monoisotopic (exact) mass is 377 g/mol. The van der Waals surface area contributed by atoms with Crippen molar-refractivity contribution in [3.8, 4) is 5.75 Å². The van der Waals surface area contributed by atoms with E-state index in [0.717, 1.165) is 5.56 Å². The van der Waals surface area contributed by atoms with E-state index in [1.165, 1.54) is 0 Å². The molecule has 0 aliphatic rings. The predicted octanol–water partition coefficient (Wildman–Crippen LogP) is 2.36. The Morgan fingerprint density at radius 2 is 1.76 bits per heavy atom. The standard InChI is InChI=1S/C17H16ClN3O3S/c1-11-4-2-3-5-14(11)24-10-15(22)20-21-17(25)19-16(23)12-6-8-13(18)9-7-12/h2-9H,10H2,1H3,(H,20,22)(H2,19,21,23,25). The van der Waals surface area contributed by atoms with E-state index >= 15 is 0 Å². The van der Waals surface area contributed by atoms with Gasteiger partial charge in [-0.25, -0.2) is 0 Å². The molecule has 8 heteroatoms. The van der Waals surface area contributed by atoms with Gasteiger partial charge < -0.3 is 4.74 Å². The molecular weight excluding hydrogens is 362 g/mol. The van der Waals surface area contributed by atoms with Gasteiger partial charge in [0.1, 0.15) is 5.75 Å². The smallest absolute Gasteiger partial charge is 0.276 e. The molecule has 25 heavy (non-hydrogen) atoms. The molecule has 2 rings (SSSR count). The van der Waals surface area contributed by atoms with Crippen LogP contribution in [0.15, 0.2) is 48.5 Å². The largest absolute Gasteiger partial charge is 0.483 e. The van der Waals surface area contributed by atoms with E-state index in [9.17, 15) is 9.59 Å². The number of para-hydroxylation sites is 1. The number of amides is 2. The summed E-state index contributed by atoms with van der Waals surface area (Å²) in [6, 6.07) is 13.7. The third-order valence-electron chi connectivity index (χ3n) is 3.10. The van der Waals surface area contributed by atoms with E-state index in [-0.39, 0.29) is 11.7 Å². The van der Waals surface area contributed by atoms with E-state index in [4.69, 9.17) is 28.6 Å². The van der Waals surface area contributed by atoms with E-state index in [1.54, 1.807) is 30.3 Å². The number of carbonyl (C=O) groups excluding carboxylic acids is 2. The quantitative estimate of drug-likeness (QED) is 0.563. The molecule has 2 aromatic rings. The van der Waals surface area contributed by atoms with Crippen molar-refractivity contribution >= 4 is 40.7 Å². The Hall–Kier alpha value is -2.64. The number of aryl methyl sites for hydroxylation is 1. The Bertz CT molecular complexity index is 781. The summed E-state index contributed by atoms with van der Waals surface area (Å²) in [6.07, 6.45) is 0. The number of hydrogen-bond acceptors (Lipinski definition) is 4. The lowest BCUT2D eigenvalue weighted by Gasteiger charge is -2.12. The van der Waals surface area contributed by atoms with Crippen LogP contribution in [0.2, 0.25) is 5.02 Å². The van der Waals surface area contributed by atoms with Crippen LogP contribution < -0.4 is 20.9 Å². The molecule has 3 N–H and O–H groups in total. The molecule has 0 fully saturated rings. The van der Waals surface area contributed by atoms with Gasteiger partial charge in [-0.2, -0.15) is 0 Å². The summed E-state index contributed by atoms with van der Waals surface area (Å²) in [5.41, 5.74) is 6.10. The summed E-state index contributed by atoms with van der Waals surface area (Å²) >= 11 is 10.7. The first-order valence-electron chi connectivity index (χ1n) is 7.30. The van der Waals surface area contributed by atoms with Gasteiger partial charge in [-0.3, -0.25) is 25.8 Å². The van der Waals surface area contributed by atoms with Gasteiger partial charge in [-0.1, -0.05) is 29.8 Å². The highest BCUT2D eigenvalue weighted by Crippen LogP contribution is 2.15. The minimum atomic E-state index is -0.439. The van der Waals surface area contributed by atoms with E-state index in [0.29, 0.717) is 16.3 Å². The van der Waals surface area contributed by atoms with Gasteiger partial charge in [0, 0.05) is 10.6 Å². The van der Waals surface area contributed by atoms with Crippen molar-refractivity contribution in [3.63, 3.8) is 0 Å². The first-order chi connectivity index (χ1) is 12.0. The molecule has 2 aromatic carbocycles. The highest BCUT2D eigenvalue weighted by Gasteiger charge is 2.09. The molecule has 0 heterocycles. The number of hydrogen-bond donors (Lipinski definition) is 3. The van der Waals surface area contributed by atoms with Crippen LogP contribution in [-0.2, 0) is 4.79 Å². The summed E-state index contributed by atoms with van der Waals surface area (Å²) in [4.78, 5) is 23.7. The van der Waals surface area contributed by atoms with Crippen molar-refractivity contribution < 1.29 is 14.3 Å². The summed E-state index contributed by atoms with van der Waals surface area (Å²) < 4.78 is 5.40. The Kier molecular flexibility index (Phi) is 6.73. The summed E-state index contributed by atoms with van der Waals surface area (Å²) in [5, 5.41) is 2.93. The third kappa shape index (κ3) is 6.06. The van der Waals surface area contributed by atoms with Gasteiger partial charge in [-0.15, -0.1) is 0 Å². The summed E-state index contributed by atoms with van der Waals surface area (Å²) in [5.74, 6) is -0.234. The van der Waals surface area contributed by atoms with E-state index < -0.39 is 11.8 Å². The Labute approximate surface area is 155 Å². The highest BCUT2D eigenvalue weighted by atomic mass is 35.5. The molecule has 130 valence electrons. The van der Waals surface area contributed by atoms with Gasteiger partial charge >= 0.3 is 0 Å².